The van der Waals surface area contributed by atoms with Crippen molar-refractivity contribution in [1.29, 1.82) is 0 Å². The van der Waals surface area contributed by atoms with Crippen molar-refractivity contribution < 1.29 is 15.0 Å². The molecule has 0 aromatic heterocycles. The monoisotopic (exact) mass is 188 g/mol. The molecule has 3 heteroatoms. The number of hydrogen-bond acceptors (Lipinski definition) is 2. The van der Waals surface area contributed by atoms with E-state index >= 15 is 0 Å². The van der Waals surface area contributed by atoms with Crippen molar-refractivity contribution in [2.45, 2.75) is 40.2 Å². The SMILES string of the molecule is CC(C)C(C(=O)O)C(C)(O)C(C)C. The lowest BCUT2D eigenvalue weighted by Crippen LogP contribution is -2.46. The molecule has 0 radical (unpaired) electrons. The van der Waals surface area contributed by atoms with E-state index in [4.69, 9.17) is 5.11 Å². The first kappa shape index (κ1) is 12.4. The molecule has 78 valence electrons. The Labute approximate surface area is 79.8 Å². The van der Waals surface area contributed by atoms with Gasteiger partial charge in [0.15, 0.2) is 0 Å². The summed E-state index contributed by atoms with van der Waals surface area (Å²) in [6, 6.07) is 0. The first-order valence-corrected chi connectivity index (χ1v) is 4.66. The van der Waals surface area contributed by atoms with Gasteiger partial charge in [-0.05, 0) is 18.8 Å². The Morgan fingerprint density at radius 3 is 1.69 bits per heavy atom. The van der Waals surface area contributed by atoms with Crippen LogP contribution >= 0.6 is 0 Å². The average molecular weight is 188 g/mol. The number of carboxylic acid groups (broad SMARTS) is 1. The number of carbonyl (C=O) groups is 1. The van der Waals surface area contributed by atoms with Crippen LogP contribution in [0.5, 0.6) is 0 Å². The molecule has 0 aliphatic heterocycles. The van der Waals surface area contributed by atoms with Gasteiger partial charge in [-0.2, -0.15) is 0 Å². The topological polar surface area (TPSA) is 57.5 Å². The van der Waals surface area contributed by atoms with E-state index in [1.54, 1.807) is 6.92 Å². The molecule has 0 saturated carbocycles. The summed E-state index contributed by atoms with van der Waals surface area (Å²) in [7, 11) is 0. The van der Waals surface area contributed by atoms with E-state index in [9.17, 15) is 9.90 Å². The van der Waals surface area contributed by atoms with Crippen molar-refractivity contribution in [2.24, 2.45) is 17.8 Å². The third-order valence-corrected chi connectivity index (χ3v) is 2.73. The zero-order valence-corrected chi connectivity index (χ0v) is 9.03. The van der Waals surface area contributed by atoms with Gasteiger partial charge in [0, 0.05) is 0 Å². The molecule has 0 aliphatic rings. The molecule has 0 heterocycles. The zero-order chi connectivity index (χ0) is 10.8. The molecule has 2 N–H and O–H groups in total. The second-order valence-electron chi connectivity index (χ2n) is 4.44. The maximum atomic E-state index is 10.9. The van der Waals surface area contributed by atoms with Gasteiger partial charge in [-0.15, -0.1) is 0 Å². The normalized spacial score (nSPS) is 18.8. The summed E-state index contributed by atoms with van der Waals surface area (Å²) in [6.07, 6.45) is 0. The van der Waals surface area contributed by atoms with Gasteiger partial charge >= 0.3 is 5.97 Å². The minimum absolute atomic E-state index is 0.0593. The second-order valence-corrected chi connectivity index (χ2v) is 4.44. The van der Waals surface area contributed by atoms with Crippen LogP contribution in [-0.2, 0) is 4.79 Å². The lowest BCUT2D eigenvalue weighted by Gasteiger charge is -2.35. The summed E-state index contributed by atoms with van der Waals surface area (Å²) < 4.78 is 0. The molecule has 0 aliphatic carbocycles. The van der Waals surface area contributed by atoms with Crippen LogP contribution in [0.15, 0.2) is 0 Å². The maximum absolute atomic E-state index is 10.9. The highest BCUT2D eigenvalue weighted by Gasteiger charge is 2.41. The van der Waals surface area contributed by atoms with Crippen molar-refractivity contribution >= 4 is 5.97 Å². The number of aliphatic carboxylic acids is 1. The van der Waals surface area contributed by atoms with Crippen molar-refractivity contribution in [3.8, 4) is 0 Å². The number of hydrogen-bond donors (Lipinski definition) is 2. The predicted molar refractivity (Wildman–Crippen MR) is 51.4 cm³/mol. The minimum Gasteiger partial charge on any atom is -0.481 e. The van der Waals surface area contributed by atoms with Crippen molar-refractivity contribution in [3.63, 3.8) is 0 Å². The van der Waals surface area contributed by atoms with E-state index in [-0.39, 0.29) is 11.8 Å². The lowest BCUT2D eigenvalue weighted by molar-refractivity contribution is -0.158. The third kappa shape index (κ3) is 2.69. The van der Waals surface area contributed by atoms with Crippen molar-refractivity contribution in [2.75, 3.05) is 0 Å². The Bertz CT molecular complexity index is 183. The van der Waals surface area contributed by atoms with Crippen molar-refractivity contribution in [3.05, 3.63) is 0 Å². The number of rotatable bonds is 4. The van der Waals surface area contributed by atoms with E-state index in [0.29, 0.717) is 0 Å². The molecule has 13 heavy (non-hydrogen) atoms. The molecule has 0 bridgehead atoms. The van der Waals surface area contributed by atoms with Crippen LogP contribution in [0, 0.1) is 17.8 Å². The molecule has 0 aromatic carbocycles. The smallest absolute Gasteiger partial charge is 0.309 e. The fourth-order valence-electron chi connectivity index (χ4n) is 1.57. The van der Waals surface area contributed by atoms with Gasteiger partial charge in [-0.3, -0.25) is 4.79 Å². The lowest BCUT2D eigenvalue weighted by atomic mass is 9.74. The molecule has 0 fully saturated rings. The summed E-state index contributed by atoms with van der Waals surface area (Å²) in [5.41, 5.74) is -1.14. The number of carboxylic acids is 1. The summed E-state index contributed by atoms with van der Waals surface area (Å²) in [5, 5.41) is 19.0. The van der Waals surface area contributed by atoms with Gasteiger partial charge in [0.25, 0.3) is 0 Å². The maximum Gasteiger partial charge on any atom is 0.309 e. The molecule has 0 saturated heterocycles. The molecule has 2 unspecified atom stereocenters. The number of aliphatic hydroxyl groups is 1. The van der Waals surface area contributed by atoms with Gasteiger partial charge in [0.05, 0.1) is 11.5 Å². The van der Waals surface area contributed by atoms with Gasteiger partial charge < -0.3 is 10.2 Å². The summed E-state index contributed by atoms with van der Waals surface area (Å²) in [6.45, 7) is 8.89. The zero-order valence-electron chi connectivity index (χ0n) is 9.03. The first-order chi connectivity index (χ1) is 5.71. The molecule has 0 rings (SSSR count). The summed E-state index contributed by atoms with van der Waals surface area (Å²) >= 11 is 0. The Hall–Kier alpha value is -0.570. The van der Waals surface area contributed by atoms with E-state index in [1.807, 2.05) is 27.7 Å². The molecule has 3 nitrogen and oxygen atoms in total. The van der Waals surface area contributed by atoms with Gasteiger partial charge in [0.2, 0.25) is 0 Å². The Kier molecular flexibility index (Phi) is 3.91. The van der Waals surface area contributed by atoms with E-state index in [2.05, 4.69) is 0 Å². The van der Waals surface area contributed by atoms with E-state index < -0.39 is 17.5 Å². The molecular weight excluding hydrogens is 168 g/mol. The highest BCUT2D eigenvalue weighted by atomic mass is 16.4. The van der Waals surface area contributed by atoms with Crippen LogP contribution in [0.2, 0.25) is 0 Å². The summed E-state index contributed by atoms with van der Waals surface area (Å²) in [4.78, 5) is 10.9. The Morgan fingerprint density at radius 2 is 1.62 bits per heavy atom. The van der Waals surface area contributed by atoms with Crippen LogP contribution in [-0.4, -0.2) is 21.8 Å². The van der Waals surface area contributed by atoms with Gasteiger partial charge in [-0.25, -0.2) is 0 Å². The van der Waals surface area contributed by atoms with Crippen molar-refractivity contribution in [1.82, 2.24) is 0 Å². The quantitative estimate of drug-likeness (QED) is 0.706. The Balaban J connectivity index is 4.83. The third-order valence-electron chi connectivity index (χ3n) is 2.73. The van der Waals surface area contributed by atoms with Crippen LogP contribution < -0.4 is 0 Å². The average Bonchev–Trinajstić information content (AvgIpc) is 1.82. The molecule has 0 aromatic rings. The fourth-order valence-corrected chi connectivity index (χ4v) is 1.57. The molecule has 0 spiro atoms. The van der Waals surface area contributed by atoms with Crippen LogP contribution in [0.3, 0.4) is 0 Å². The van der Waals surface area contributed by atoms with Crippen LogP contribution in [0.1, 0.15) is 34.6 Å². The van der Waals surface area contributed by atoms with Gasteiger partial charge in [0.1, 0.15) is 0 Å². The van der Waals surface area contributed by atoms with Gasteiger partial charge in [-0.1, -0.05) is 27.7 Å². The summed E-state index contributed by atoms with van der Waals surface area (Å²) in [5.74, 6) is -1.74. The van der Waals surface area contributed by atoms with Crippen LogP contribution in [0.25, 0.3) is 0 Å². The fraction of sp³-hybridized carbons (Fsp3) is 0.900. The van der Waals surface area contributed by atoms with E-state index in [1.165, 1.54) is 0 Å². The van der Waals surface area contributed by atoms with Crippen LogP contribution in [0.4, 0.5) is 0 Å². The standard InChI is InChI=1S/C10H20O3/c1-6(2)8(9(11)12)10(5,13)7(3)4/h6-8,13H,1-5H3,(H,11,12). The highest BCUT2D eigenvalue weighted by Crippen LogP contribution is 2.31. The molecule has 2 atom stereocenters. The highest BCUT2D eigenvalue weighted by molar-refractivity contribution is 5.71. The largest absolute Gasteiger partial charge is 0.481 e. The Morgan fingerprint density at radius 1 is 1.23 bits per heavy atom. The first-order valence-electron chi connectivity index (χ1n) is 4.66. The minimum atomic E-state index is -1.14. The molecular formula is C10H20O3. The second kappa shape index (κ2) is 4.09. The van der Waals surface area contributed by atoms with E-state index in [0.717, 1.165) is 0 Å². The predicted octanol–water partition coefficient (Wildman–Crippen LogP) is 1.75. The molecule has 0 amide bonds.